The molecule has 1 saturated carbocycles. The van der Waals surface area contributed by atoms with Gasteiger partial charge in [-0.3, -0.25) is 18.8 Å². The molecule has 61 heavy (non-hydrogen) atoms. The molecule has 1 atom stereocenters. The van der Waals surface area contributed by atoms with Crippen LogP contribution in [-0.4, -0.2) is 41.7 Å². The van der Waals surface area contributed by atoms with Gasteiger partial charge in [0, 0.05) is 71.4 Å². The summed E-state index contributed by atoms with van der Waals surface area (Å²) in [4.78, 5) is 29.7. The summed E-state index contributed by atoms with van der Waals surface area (Å²) in [6.45, 7) is 20.1. The number of halogens is 1. The third kappa shape index (κ3) is 11.0. The van der Waals surface area contributed by atoms with E-state index in [1.165, 1.54) is 35.1 Å². The van der Waals surface area contributed by atoms with Crippen LogP contribution in [0, 0.1) is 12.7 Å². The lowest BCUT2D eigenvalue weighted by Crippen LogP contribution is -2.32. The van der Waals surface area contributed by atoms with Gasteiger partial charge in [0.05, 0.1) is 29.7 Å². The molecule has 1 aliphatic heterocycles. The van der Waals surface area contributed by atoms with E-state index < -0.39 is 0 Å². The zero-order valence-corrected chi connectivity index (χ0v) is 38.4. The SMILES string of the molecule is CC(C)c1ccc2ccn(C)c2c1F.CC(C)c1ccc2cn(C3CC3)nc2c1.CC(C)c1cccn([C@H]2CCCOC2)c1=O.Cc1cnc(-n2cccc(C(C)C)c2=O)s1. The van der Waals surface area contributed by atoms with E-state index in [1.807, 2.05) is 106 Å². The molecule has 1 saturated heterocycles. The molecular weight excluding hydrogens is 784 g/mol. The summed E-state index contributed by atoms with van der Waals surface area (Å²) < 4.78 is 26.8. The highest BCUT2D eigenvalue weighted by molar-refractivity contribution is 7.14. The van der Waals surface area contributed by atoms with Gasteiger partial charge in [-0.25, -0.2) is 9.37 Å². The van der Waals surface area contributed by atoms with E-state index in [1.54, 1.807) is 17.0 Å². The minimum absolute atomic E-state index is 0.0341. The van der Waals surface area contributed by atoms with Crippen LogP contribution in [0.15, 0.2) is 101 Å². The Morgan fingerprint density at radius 2 is 1.43 bits per heavy atom. The van der Waals surface area contributed by atoms with Crippen molar-refractivity contribution in [2.75, 3.05) is 13.2 Å². The summed E-state index contributed by atoms with van der Waals surface area (Å²) in [7, 11) is 1.87. The van der Waals surface area contributed by atoms with Crippen LogP contribution in [0.3, 0.4) is 0 Å². The van der Waals surface area contributed by atoms with Crippen molar-refractivity contribution in [3.8, 4) is 5.13 Å². The van der Waals surface area contributed by atoms with Gasteiger partial charge in [0.15, 0.2) is 10.9 Å². The molecule has 9 nitrogen and oxygen atoms in total. The lowest BCUT2D eigenvalue weighted by molar-refractivity contribution is 0.0578. The molecule has 11 heteroatoms. The molecule has 2 fully saturated rings. The summed E-state index contributed by atoms with van der Waals surface area (Å²) in [6.07, 6.45) is 14.2. The van der Waals surface area contributed by atoms with Crippen molar-refractivity contribution in [1.82, 2.24) is 28.5 Å². The van der Waals surface area contributed by atoms with Crippen LogP contribution in [0.4, 0.5) is 4.39 Å². The first-order valence-corrected chi connectivity index (χ1v) is 22.6. The van der Waals surface area contributed by atoms with Crippen LogP contribution in [0.25, 0.3) is 26.9 Å². The molecule has 7 aromatic rings. The van der Waals surface area contributed by atoms with Crippen molar-refractivity contribution in [3.05, 3.63) is 145 Å². The number of nitrogens with zero attached hydrogens (tertiary/aromatic N) is 6. The Labute approximate surface area is 363 Å². The van der Waals surface area contributed by atoms with Gasteiger partial charge in [-0.05, 0) is 91.7 Å². The van der Waals surface area contributed by atoms with E-state index in [0.29, 0.717) is 24.1 Å². The Kier molecular flexibility index (Phi) is 15.0. The first-order valence-electron chi connectivity index (χ1n) is 21.8. The Bertz CT molecular complexity index is 2650. The van der Waals surface area contributed by atoms with E-state index in [-0.39, 0.29) is 40.7 Å². The van der Waals surface area contributed by atoms with Gasteiger partial charge in [0.1, 0.15) is 0 Å². The minimum atomic E-state index is -0.0787. The van der Waals surface area contributed by atoms with Crippen molar-refractivity contribution in [2.45, 2.75) is 124 Å². The highest BCUT2D eigenvalue weighted by Crippen LogP contribution is 2.35. The molecule has 1 aliphatic carbocycles. The first kappa shape index (κ1) is 45.4. The topological polar surface area (TPSA) is 88.9 Å². The largest absolute Gasteiger partial charge is 0.379 e. The summed E-state index contributed by atoms with van der Waals surface area (Å²) >= 11 is 1.53. The van der Waals surface area contributed by atoms with Crippen LogP contribution in [-0.2, 0) is 11.8 Å². The van der Waals surface area contributed by atoms with E-state index >= 15 is 0 Å². The normalized spacial score (nSPS) is 15.2. The number of pyridine rings is 2. The van der Waals surface area contributed by atoms with E-state index in [9.17, 15) is 14.0 Å². The van der Waals surface area contributed by atoms with Crippen molar-refractivity contribution in [2.24, 2.45) is 7.05 Å². The lowest BCUT2D eigenvalue weighted by atomic mass is 10.0. The van der Waals surface area contributed by atoms with E-state index in [0.717, 1.165) is 57.1 Å². The number of aromatic nitrogens is 6. The second-order valence-corrected chi connectivity index (χ2v) is 18.8. The number of aryl methyl sites for hydroxylation is 2. The maximum atomic E-state index is 14.0. The third-order valence-corrected chi connectivity index (χ3v) is 12.2. The van der Waals surface area contributed by atoms with Gasteiger partial charge < -0.3 is 13.9 Å². The molecule has 6 heterocycles. The molecule has 9 rings (SSSR count). The zero-order chi connectivity index (χ0) is 44.0. The second kappa shape index (κ2) is 20.2. The Hall–Kier alpha value is -5.13. The maximum Gasteiger partial charge on any atom is 0.260 e. The van der Waals surface area contributed by atoms with Crippen molar-refractivity contribution in [1.29, 1.82) is 0 Å². The van der Waals surface area contributed by atoms with Crippen LogP contribution in [0.5, 0.6) is 0 Å². The molecule has 0 amide bonds. The van der Waals surface area contributed by atoms with Crippen LogP contribution < -0.4 is 11.1 Å². The fourth-order valence-electron chi connectivity index (χ4n) is 7.49. The third-order valence-electron chi connectivity index (χ3n) is 11.3. The fourth-order valence-corrected chi connectivity index (χ4v) is 8.23. The molecule has 0 bridgehead atoms. The average molecular weight is 847 g/mol. The van der Waals surface area contributed by atoms with Crippen molar-refractivity contribution < 1.29 is 9.13 Å². The van der Waals surface area contributed by atoms with Crippen molar-refractivity contribution >= 4 is 33.1 Å². The summed E-state index contributed by atoms with van der Waals surface area (Å²) in [5, 5.41) is 7.61. The number of benzene rings is 2. The molecule has 0 unspecified atom stereocenters. The summed E-state index contributed by atoms with van der Waals surface area (Å²) in [6, 6.07) is 21.0. The molecule has 0 N–H and O–H groups in total. The minimum Gasteiger partial charge on any atom is -0.379 e. The molecule has 2 aromatic carbocycles. The number of fused-ring (bicyclic) bond motifs is 2. The first-order chi connectivity index (χ1) is 29.1. The molecule has 5 aromatic heterocycles. The molecule has 0 spiro atoms. The van der Waals surface area contributed by atoms with E-state index in [4.69, 9.17) is 4.74 Å². The Morgan fingerprint density at radius 3 is 2.03 bits per heavy atom. The van der Waals surface area contributed by atoms with Gasteiger partial charge in [0.25, 0.3) is 11.1 Å². The Balaban J connectivity index is 0.000000136. The summed E-state index contributed by atoms with van der Waals surface area (Å²) in [5.41, 5.74) is 5.93. The molecule has 2 aliphatic rings. The standard InChI is InChI=1S/C13H16N2.C13H19NO2.C12H14FN.C12H14N2OS/c1-9(2)10-3-4-11-8-15(12-5-6-12)14-13(11)7-10;1-10(2)12-6-3-7-14(13(12)15)11-5-4-8-16-9-11;1-8(2)10-5-4-9-6-7-14(3)12(9)11(10)13;1-8(2)10-5-4-6-14(11(10)15)12-13-7-9(3)16-12/h3-4,7-9,12H,5-6H2,1-2H3;3,6-7,10-11H,4-5,8-9H2,1-2H3;4-8H,1-3H3;4-8H,1-3H3/t;11-;;/m.0../s1. The number of rotatable bonds is 7. The number of hydrogen-bond acceptors (Lipinski definition) is 6. The highest BCUT2D eigenvalue weighted by atomic mass is 32.1. The fraction of sp³-hybridized carbons (Fsp3) is 0.440. The van der Waals surface area contributed by atoms with Gasteiger partial charge in [-0.2, -0.15) is 5.10 Å². The van der Waals surface area contributed by atoms with Gasteiger partial charge in [-0.15, -0.1) is 11.3 Å². The van der Waals surface area contributed by atoms with Gasteiger partial charge >= 0.3 is 0 Å². The lowest BCUT2D eigenvalue weighted by Gasteiger charge is -2.24. The van der Waals surface area contributed by atoms with Crippen LogP contribution in [0.1, 0.15) is 144 Å². The predicted octanol–water partition coefficient (Wildman–Crippen LogP) is 12.0. The quantitative estimate of drug-likeness (QED) is 0.159. The van der Waals surface area contributed by atoms with Crippen molar-refractivity contribution in [3.63, 3.8) is 0 Å². The molecule has 324 valence electrons. The number of thiazole rings is 1. The zero-order valence-electron chi connectivity index (χ0n) is 37.6. The smallest absolute Gasteiger partial charge is 0.260 e. The van der Waals surface area contributed by atoms with Gasteiger partial charge in [-0.1, -0.05) is 91.8 Å². The highest BCUT2D eigenvalue weighted by Gasteiger charge is 2.24. The molecular formula is C50H63FN6O3S. The monoisotopic (exact) mass is 846 g/mol. The Morgan fingerprint density at radius 1 is 0.754 bits per heavy atom. The van der Waals surface area contributed by atoms with Crippen LogP contribution in [0.2, 0.25) is 0 Å². The second-order valence-electron chi connectivity index (χ2n) is 17.5. The number of ether oxygens (including phenoxy) is 1. The van der Waals surface area contributed by atoms with E-state index in [2.05, 4.69) is 66.9 Å². The van der Waals surface area contributed by atoms with Crippen LogP contribution >= 0.6 is 11.3 Å². The predicted molar refractivity (Wildman–Crippen MR) is 249 cm³/mol. The molecule has 0 radical (unpaired) electrons. The summed E-state index contributed by atoms with van der Waals surface area (Å²) in [5.74, 6) is 1.25. The van der Waals surface area contributed by atoms with Gasteiger partial charge in [0.2, 0.25) is 0 Å². The maximum absolute atomic E-state index is 14.0. The average Bonchev–Trinajstić information content (AvgIpc) is 3.66. The number of hydrogen-bond donors (Lipinski definition) is 0.